The zero-order valence-electron chi connectivity index (χ0n) is 40.0. The predicted octanol–water partition coefficient (Wildman–Crippen LogP) is 16.9. The summed E-state index contributed by atoms with van der Waals surface area (Å²) in [5.41, 5.74) is 0. The highest BCUT2D eigenvalue weighted by Crippen LogP contribution is 2.16. The van der Waals surface area contributed by atoms with Crippen LogP contribution in [0.25, 0.3) is 0 Å². The third kappa shape index (κ3) is 46.7. The van der Waals surface area contributed by atoms with Gasteiger partial charge in [0.25, 0.3) is 0 Å². The molecule has 6 heteroatoms. The minimum atomic E-state index is -0.775. The van der Waals surface area contributed by atoms with Crippen LogP contribution >= 0.6 is 0 Å². The summed E-state index contributed by atoms with van der Waals surface area (Å²) in [6.07, 6.45) is 56.9. The van der Waals surface area contributed by atoms with Crippen LogP contribution < -0.4 is 0 Å². The lowest BCUT2D eigenvalue weighted by Gasteiger charge is -2.18. The van der Waals surface area contributed by atoms with E-state index in [-0.39, 0.29) is 31.1 Å². The molecule has 0 N–H and O–H groups in total. The van der Waals surface area contributed by atoms with E-state index in [1.54, 1.807) is 0 Å². The van der Waals surface area contributed by atoms with E-state index in [1.165, 1.54) is 148 Å². The largest absolute Gasteiger partial charge is 0.462 e. The smallest absolute Gasteiger partial charge is 0.306 e. The lowest BCUT2D eigenvalue weighted by atomic mass is 10.0. The first-order valence-corrected chi connectivity index (χ1v) is 26.0. The van der Waals surface area contributed by atoms with Crippen LogP contribution in [0.3, 0.4) is 0 Å². The molecule has 0 fully saturated rings. The molecule has 0 amide bonds. The molecular weight excluding hydrogens is 745 g/mol. The van der Waals surface area contributed by atoms with Crippen LogP contribution in [-0.2, 0) is 28.6 Å². The van der Waals surface area contributed by atoms with Gasteiger partial charge in [0.05, 0.1) is 0 Å². The number of carbonyl (C=O) groups excluding carboxylic acids is 3. The fourth-order valence-corrected chi connectivity index (χ4v) is 7.45. The fraction of sp³-hybridized carbons (Fsp3) is 0.833. The Kier molecular flexibility index (Phi) is 47.3. The Morgan fingerprint density at radius 2 is 0.600 bits per heavy atom. The van der Waals surface area contributed by atoms with Gasteiger partial charge in [0.1, 0.15) is 13.2 Å². The van der Waals surface area contributed by atoms with Gasteiger partial charge in [-0.1, -0.05) is 231 Å². The van der Waals surface area contributed by atoms with Crippen LogP contribution in [0.4, 0.5) is 0 Å². The molecule has 0 aromatic heterocycles. The zero-order chi connectivity index (χ0) is 43.7. The minimum absolute atomic E-state index is 0.0752. The second kappa shape index (κ2) is 49.3. The molecule has 0 radical (unpaired) electrons. The molecule has 0 unspecified atom stereocenters. The zero-order valence-corrected chi connectivity index (χ0v) is 40.0. The van der Waals surface area contributed by atoms with Crippen LogP contribution in [-0.4, -0.2) is 37.2 Å². The minimum Gasteiger partial charge on any atom is -0.462 e. The van der Waals surface area contributed by atoms with Crippen molar-refractivity contribution in [2.45, 2.75) is 277 Å². The summed E-state index contributed by atoms with van der Waals surface area (Å²) < 4.78 is 16.8. The number of allylic oxidation sites excluding steroid dienone is 6. The van der Waals surface area contributed by atoms with Crippen molar-refractivity contribution < 1.29 is 28.6 Å². The number of hydrogen-bond acceptors (Lipinski definition) is 6. The van der Waals surface area contributed by atoms with Crippen molar-refractivity contribution in [2.75, 3.05) is 13.2 Å². The molecule has 0 aliphatic heterocycles. The highest BCUT2D eigenvalue weighted by atomic mass is 16.6. The number of rotatable bonds is 47. The quantitative estimate of drug-likeness (QED) is 0.0263. The molecule has 1 atom stereocenters. The van der Waals surface area contributed by atoms with Gasteiger partial charge in [-0.15, -0.1) is 0 Å². The van der Waals surface area contributed by atoms with E-state index < -0.39 is 6.10 Å². The average molecular weight is 843 g/mol. The van der Waals surface area contributed by atoms with Gasteiger partial charge in [0, 0.05) is 19.3 Å². The Morgan fingerprint density at radius 1 is 0.333 bits per heavy atom. The van der Waals surface area contributed by atoms with Gasteiger partial charge < -0.3 is 14.2 Å². The Balaban J connectivity index is 4.38. The first-order valence-electron chi connectivity index (χ1n) is 26.0. The normalized spacial score (nSPS) is 12.2. The maximum atomic E-state index is 12.8. The monoisotopic (exact) mass is 843 g/mol. The summed E-state index contributed by atoms with van der Waals surface area (Å²) in [6, 6.07) is 0. The van der Waals surface area contributed by atoms with Gasteiger partial charge in [-0.25, -0.2) is 0 Å². The lowest BCUT2D eigenvalue weighted by Crippen LogP contribution is -2.30. The van der Waals surface area contributed by atoms with E-state index >= 15 is 0 Å². The van der Waals surface area contributed by atoms with E-state index in [4.69, 9.17) is 14.2 Å². The van der Waals surface area contributed by atoms with Gasteiger partial charge in [0.15, 0.2) is 6.10 Å². The Bertz CT molecular complexity index is 1020. The number of esters is 3. The highest BCUT2D eigenvalue weighted by Gasteiger charge is 2.19. The predicted molar refractivity (Wildman–Crippen MR) is 256 cm³/mol. The van der Waals surface area contributed by atoms with E-state index in [1.807, 2.05) is 0 Å². The molecule has 0 aromatic carbocycles. The van der Waals surface area contributed by atoms with Crippen molar-refractivity contribution >= 4 is 17.9 Å². The first-order chi connectivity index (χ1) is 29.5. The number of hydrogen-bond donors (Lipinski definition) is 0. The summed E-state index contributed by atoms with van der Waals surface area (Å²) in [6.45, 7) is 6.61. The van der Waals surface area contributed by atoms with Crippen LogP contribution in [0, 0.1) is 0 Å². The summed E-state index contributed by atoms with van der Waals surface area (Å²) in [5.74, 6) is -0.887. The summed E-state index contributed by atoms with van der Waals surface area (Å²) >= 11 is 0. The highest BCUT2D eigenvalue weighted by molar-refractivity contribution is 5.71. The van der Waals surface area contributed by atoms with Crippen LogP contribution in [0.2, 0.25) is 0 Å². The van der Waals surface area contributed by atoms with E-state index in [2.05, 4.69) is 57.2 Å². The third-order valence-corrected chi connectivity index (χ3v) is 11.4. The topological polar surface area (TPSA) is 78.9 Å². The Morgan fingerprint density at radius 3 is 0.967 bits per heavy atom. The maximum absolute atomic E-state index is 12.8. The fourth-order valence-electron chi connectivity index (χ4n) is 7.45. The SMILES string of the molecule is CCCCCC=CCC=CCC=CCCCCCCC(=O)OC[C@@H](COC(=O)CCCCCCCCCCCCCC)OC(=O)CCCCCCCCCCCCCCC. The van der Waals surface area contributed by atoms with Crippen molar-refractivity contribution in [3.8, 4) is 0 Å². The van der Waals surface area contributed by atoms with Gasteiger partial charge in [-0.05, 0) is 57.8 Å². The van der Waals surface area contributed by atoms with Crippen molar-refractivity contribution in [1.29, 1.82) is 0 Å². The van der Waals surface area contributed by atoms with Crippen LogP contribution in [0.1, 0.15) is 271 Å². The molecular formula is C54H98O6. The summed E-state index contributed by atoms with van der Waals surface area (Å²) in [7, 11) is 0. The number of unbranched alkanes of at least 4 members (excludes halogenated alkanes) is 30. The first kappa shape index (κ1) is 57.6. The summed E-state index contributed by atoms with van der Waals surface area (Å²) in [5, 5.41) is 0. The molecule has 0 heterocycles. The van der Waals surface area contributed by atoms with Gasteiger partial charge >= 0.3 is 17.9 Å². The van der Waals surface area contributed by atoms with Gasteiger partial charge in [-0.3, -0.25) is 14.4 Å². The Hall–Kier alpha value is -2.37. The second-order valence-corrected chi connectivity index (χ2v) is 17.4. The molecule has 0 saturated heterocycles. The third-order valence-electron chi connectivity index (χ3n) is 11.4. The molecule has 60 heavy (non-hydrogen) atoms. The van der Waals surface area contributed by atoms with E-state index in [9.17, 15) is 14.4 Å². The number of carbonyl (C=O) groups is 3. The molecule has 0 aliphatic carbocycles. The molecule has 350 valence electrons. The molecule has 6 nitrogen and oxygen atoms in total. The van der Waals surface area contributed by atoms with E-state index in [0.29, 0.717) is 19.3 Å². The van der Waals surface area contributed by atoms with Crippen molar-refractivity contribution in [3.63, 3.8) is 0 Å². The summed E-state index contributed by atoms with van der Waals surface area (Å²) in [4.78, 5) is 37.9. The van der Waals surface area contributed by atoms with Crippen LogP contribution in [0.15, 0.2) is 36.5 Å². The molecule has 0 bridgehead atoms. The van der Waals surface area contributed by atoms with Gasteiger partial charge in [0.2, 0.25) is 0 Å². The van der Waals surface area contributed by atoms with Crippen molar-refractivity contribution in [2.24, 2.45) is 0 Å². The molecule has 0 spiro atoms. The van der Waals surface area contributed by atoms with E-state index in [0.717, 1.165) is 83.5 Å². The number of ether oxygens (including phenoxy) is 3. The van der Waals surface area contributed by atoms with Crippen molar-refractivity contribution in [3.05, 3.63) is 36.5 Å². The molecule has 0 aromatic rings. The molecule has 0 aliphatic rings. The molecule has 0 rings (SSSR count). The standard InChI is InChI=1S/C54H98O6/c1-4-7-10-13-16-19-22-25-26-27-28-30-32-35-38-41-44-47-53(56)59-50-51(49-58-52(55)46-43-40-37-34-31-24-21-18-15-12-9-6-3)60-54(57)48-45-42-39-36-33-29-23-20-17-14-11-8-5-2/h16,19,25-26,28,30,51H,4-15,17-18,20-24,27,29,31-50H2,1-3H3/t51-/m1/s1. The Labute approximate surface area is 372 Å². The second-order valence-electron chi connectivity index (χ2n) is 17.4. The van der Waals surface area contributed by atoms with Crippen LogP contribution in [0.5, 0.6) is 0 Å². The average Bonchev–Trinajstić information content (AvgIpc) is 3.24. The maximum Gasteiger partial charge on any atom is 0.306 e. The van der Waals surface area contributed by atoms with Crippen molar-refractivity contribution in [1.82, 2.24) is 0 Å². The lowest BCUT2D eigenvalue weighted by molar-refractivity contribution is -0.167. The molecule has 0 saturated carbocycles. The van der Waals surface area contributed by atoms with Gasteiger partial charge in [-0.2, -0.15) is 0 Å².